The number of sulfonamides is 1. The van der Waals surface area contributed by atoms with Gasteiger partial charge in [0.15, 0.2) is 0 Å². The highest BCUT2D eigenvalue weighted by Gasteiger charge is 2.65. The molecule has 13 heteroatoms. The average molecular weight is 401 g/mol. The summed E-state index contributed by atoms with van der Waals surface area (Å²) in [6.07, 6.45) is -5.29. The predicted octanol–water partition coefficient (Wildman–Crippen LogP) is 0.551. The summed E-state index contributed by atoms with van der Waals surface area (Å²) in [5.41, 5.74) is -2.97. The molecule has 1 atom stereocenters. The van der Waals surface area contributed by atoms with Gasteiger partial charge in [-0.05, 0) is 12.1 Å². The molecule has 0 aromatic heterocycles. The molecular formula is C12H14F3N3O5S2. The van der Waals surface area contributed by atoms with Crippen molar-refractivity contribution in [3.8, 4) is 0 Å². The van der Waals surface area contributed by atoms with Crippen molar-refractivity contribution in [3.63, 3.8) is 0 Å². The van der Waals surface area contributed by atoms with Crippen LogP contribution in [0.2, 0.25) is 0 Å². The quantitative estimate of drug-likeness (QED) is 0.690. The second-order valence-electron chi connectivity index (χ2n) is 5.49. The Morgan fingerprint density at radius 3 is 2.08 bits per heavy atom. The van der Waals surface area contributed by atoms with Crippen LogP contribution < -0.4 is 4.72 Å². The molecule has 8 nitrogen and oxygen atoms in total. The Balaban J connectivity index is 2.09. The topological polar surface area (TPSA) is 125 Å². The van der Waals surface area contributed by atoms with Crippen molar-refractivity contribution < 1.29 is 35.1 Å². The number of hydrogen-bond acceptors (Lipinski definition) is 7. The fourth-order valence-electron chi connectivity index (χ4n) is 2.01. The van der Waals surface area contributed by atoms with Gasteiger partial charge in [0.25, 0.3) is 0 Å². The molecule has 0 bridgehead atoms. The number of sulfone groups is 1. The van der Waals surface area contributed by atoms with Gasteiger partial charge in [0.05, 0.1) is 16.8 Å². The minimum absolute atomic E-state index is 0.323. The summed E-state index contributed by atoms with van der Waals surface area (Å²) in [6.45, 7) is -0.561. The van der Waals surface area contributed by atoms with E-state index in [0.29, 0.717) is 0 Å². The number of alkyl halides is 3. The van der Waals surface area contributed by atoms with Gasteiger partial charge in [0.2, 0.25) is 10.0 Å². The van der Waals surface area contributed by atoms with Gasteiger partial charge in [-0.15, -0.1) is 10.2 Å². The normalized spacial score (nSPS) is 18.1. The van der Waals surface area contributed by atoms with Gasteiger partial charge in [-0.3, -0.25) is 0 Å². The van der Waals surface area contributed by atoms with Crippen molar-refractivity contribution in [1.29, 1.82) is 0 Å². The average Bonchev–Trinajstić information content (AvgIpc) is 3.25. The number of halogens is 3. The molecule has 1 heterocycles. The SMILES string of the molecule is CS(=O)(=O)CC(O)CNS(=O)(=O)c1ccc(C2(C(F)(F)F)N=N2)cc1. The lowest BCUT2D eigenvalue weighted by Crippen LogP contribution is -2.35. The Bertz CT molecular complexity index is 874. The lowest BCUT2D eigenvalue weighted by atomic mass is 10.0. The van der Waals surface area contributed by atoms with E-state index >= 15 is 0 Å². The molecule has 1 unspecified atom stereocenters. The molecule has 1 aromatic carbocycles. The van der Waals surface area contributed by atoms with Gasteiger partial charge in [0, 0.05) is 18.4 Å². The zero-order valence-electron chi connectivity index (χ0n) is 12.7. The zero-order chi connectivity index (χ0) is 19.1. The maximum absolute atomic E-state index is 12.9. The third-order valence-corrected chi connectivity index (χ3v) is 5.70. The highest BCUT2D eigenvalue weighted by atomic mass is 32.2. The molecule has 1 aliphatic rings. The van der Waals surface area contributed by atoms with Crippen LogP contribution in [0.4, 0.5) is 13.2 Å². The van der Waals surface area contributed by atoms with Crippen LogP contribution in [0.15, 0.2) is 39.4 Å². The molecule has 2 rings (SSSR count). The number of hydrogen-bond donors (Lipinski definition) is 2. The van der Waals surface area contributed by atoms with Crippen LogP contribution >= 0.6 is 0 Å². The lowest BCUT2D eigenvalue weighted by Gasteiger charge is -2.15. The van der Waals surface area contributed by atoms with E-state index in [9.17, 15) is 35.1 Å². The Kier molecular flexibility index (Phi) is 4.98. The number of aliphatic hydroxyl groups is 1. The number of benzene rings is 1. The molecule has 0 saturated heterocycles. The molecular weight excluding hydrogens is 387 g/mol. The summed E-state index contributed by atoms with van der Waals surface area (Å²) in [6, 6.07) is 3.76. The summed E-state index contributed by atoms with van der Waals surface area (Å²) >= 11 is 0. The molecule has 0 aliphatic carbocycles. The number of nitrogens with one attached hydrogen (secondary N) is 1. The maximum Gasteiger partial charge on any atom is 0.442 e. The summed E-state index contributed by atoms with van der Waals surface area (Å²) in [7, 11) is -7.63. The van der Waals surface area contributed by atoms with E-state index in [1.54, 1.807) is 0 Å². The molecule has 2 N–H and O–H groups in total. The first kappa shape index (κ1) is 19.8. The van der Waals surface area contributed by atoms with E-state index in [0.717, 1.165) is 30.5 Å². The van der Waals surface area contributed by atoms with Crippen LogP contribution in [0, 0.1) is 0 Å². The third-order valence-electron chi connectivity index (χ3n) is 3.27. The van der Waals surface area contributed by atoms with Crippen LogP contribution in [0.1, 0.15) is 5.56 Å². The van der Waals surface area contributed by atoms with Crippen molar-refractivity contribution in [2.24, 2.45) is 10.2 Å². The third kappa shape index (κ3) is 4.54. The first-order chi connectivity index (χ1) is 11.3. The first-order valence-electron chi connectivity index (χ1n) is 6.74. The fraction of sp³-hybridized carbons (Fsp3) is 0.500. The Morgan fingerprint density at radius 1 is 1.16 bits per heavy atom. The van der Waals surface area contributed by atoms with Gasteiger partial charge in [0.1, 0.15) is 9.84 Å². The van der Waals surface area contributed by atoms with Crippen LogP contribution in [0.3, 0.4) is 0 Å². The maximum atomic E-state index is 12.9. The molecule has 140 valence electrons. The molecule has 0 amide bonds. The van der Waals surface area contributed by atoms with Crippen molar-refractivity contribution in [2.45, 2.75) is 22.8 Å². The molecule has 0 spiro atoms. The van der Waals surface area contributed by atoms with Crippen molar-refractivity contribution in [1.82, 2.24) is 4.72 Å². The van der Waals surface area contributed by atoms with Crippen LogP contribution in [-0.2, 0) is 25.5 Å². The Labute approximate surface area is 141 Å². The summed E-state index contributed by atoms with van der Waals surface area (Å²) in [4.78, 5) is -0.346. The van der Waals surface area contributed by atoms with Crippen molar-refractivity contribution >= 4 is 19.9 Å². The van der Waals surface area contributed by atoms with Crippen molar-refractivity contribution in [3.05, 3.63) is 29.8 Å². The van der Waals surface area contributed by atoms with Gasteiger partial charge in [-0.25, -0.2) is 21.6 Å². The minimum atomic E-state index is -4.72. The molecule has 1 aromatic rings. The minimum Gasteiger partial charge on any atom is -0.391 e. The predicted molar refractivity (Wildman–Crippen MR) is 79.9 cm³/mol. The summed E-state index contributed by atoms with van der Waals surface area (Å²) < 4.78 is 86.7. The van der Waals surface area contributed by atoms with E-state index in [1.807, 2.05) is 4.72 Å². The Morgan fingerprint density at radius 2 is 1.68 bits per heavy atom. The van der Waals surface area contributed by atoms with Gasteiger partial charge < -0.3 is 5.11 Å². The highest BCUT2D eigenvalue weighted by Crippen LogP contribution is 2.52. The Hall–Kier alpha value is -1.57. The van der Waals surface area contributed by atoms with E-state index in [2.05, 4.69) is 10.2 Å². The highest BCUT2D eigenvalue weighted by molar-refractivity contribution is 7.90. The lowest BCUT2D eigenvalue weighted by molar-refractivity contribution is -0.166. The van der Waals surface area contributed by atoms with E-state index in [4.69, 9.17) is 0 Å². The smallest absolute Gasteiger partial charge is 0.391 e. The second-order valence-corrected chi connectivity index (χ2v) is 9.44. The van der Waals surface area contributed by atoms with E-state index in [-0.39, 0.29) is 10.5 Å². The van der Waals surface area contributed by atoms with Gasteiger partial charge >= 0.3 is 11.8 Å². The largest absolute Gasteiger partial charge is 0.442 e. The molecule has 0 radical (unpaired) electrons. The molecule has 1 aliphatic heterocycles. The van der Waals surface area contributed by atoms with Crippen LogP contribution in [-0.4, -0.2) is 52.8 Å². The van der Waals surface area contributed by atoms with Crippen LogP contribution in [0.5, 0.6) is 0 Å². The van der Waals surface area contributed by atoms with Gasteiger partial charge in [-0.2, -0.15) is 13.2 Å². The van der Waals surface area contributed by atoms with E-state index in [1.165, 1.54) is 0 Å². The first-order valence-corrected chi connectivity index (χ1v) is 10.3. The zero-order valence-corrected chi connectivity index (χ0v) is 14.4. The second kappa shape index (κ2) is 6.30. The number of nitrogens with zero attached hydrogens (tertiary/aromatic N) is 2. The molecule has 0 saturated carbocycles. The summed E-state index contributed by atoms with van der Waals surface area (Å²) in [5, 5.41) is 15.5. The number of rotatable bonds is 7. The number of aliphatic hydroxyl groups excluding tert-OH is 1. The summed E-state index contributed by atoms with van der Waals surface area (Å²) in [5.74, 6) is -0.633. The van der Waals surface area contributed by atoms with E-state index < -0.39 is 50.1 Å². The monoisotopic (exact) mass is 401 g/mol. The molecule has 25 heavy (non-hydrogen) atoms. The fourth-order valence-corrected chi connectivity index (χ4v) is 3.90. The standard InChI is InChI=1S/C12H14F3N3O5S2/c1-24(20,21)7-9(19)6-16-25(22,23)10-4-2-8(3-5-10)11(17-18-11)12(13,14)15/h2-5,9,16,19H,6-7H2,1H3. The molecule has 0 fully saturated rings. The van der Waals surface area contributed by atoms with Gasteiger partial charge in [-0.1, -0.05) is 12.1 Å². The van der Waals surface area contributed by atoms with Crippen molar-refractivity contribution in [2.75, 3.05) is 18.6 Å². The van der Waals surface area contributed by atoms with Crippen LogP contribution in [0.25, 0.3) is 0 Å².